The molecule has 0 aliphatic carbocycles. The predicted molar refractivity (Wildman–Crippen MR) is 72.1 cm³/mol. The lowest BCUT2D eigenvalue weighted by Gasteiger charge is -2.10. The van der Waals surface area contributed by atoms with Gasteiger partial charge in [-0.1, -0.05) is 0 Å². The Morgan fingerprint density at radius 1 is 1.22 bits per heavy atom. The Morgan fingerprint density at radius 3 is 2.56 bits per heavy atom. The van der Waals surface area contributed by atoms with Crippen LogP contribution in [-0.4, -0.2) is 22.9 Å². The fourth-order valence-electron chi connectivity index (χ4n) is 1.73. The molecule has 0 spiro atoms. The lowest BCUT2D eigenvalue weighted by Crippen LogP contribution is -2.07. The van der Waals surface area contributed by atoms with Gasteiger partial charge >= 0.3 is 0 Å². The van der Waals surface area contributed by atoms with Crippen molar-refractivity contribution < 1.29 is 4.74 Å². The van der Waals surface area contributed by atoms with E-state index in [1.54, 1.807) is 0 Å². The van der Waals surface area contributed by atoms with Gasteiger partial charge < -0.3 is 10.1 Å². The summed E-state index contributed by atoms with van der Waals surface area (Å²) < 4.78 is 7.48. The molecule has 1 aromatic carbocycles. The second kappa shape index (κ2) is 5.69. The zero-order chi connectivity index (χ0) is 13.0. The maximum Gasteiger partial charge on any atom is 0.119 e. The summed E-state index contributed by atoms with van der Waals surface area (Å²) in [4.78, 5) is 0. The maximum atomic E-state index is 5.61. The van der Waals surface area contributed by atoms with Crippen molar-refractivity contribution >= 4 is 0 Å². The second-order valence-corrected chi connectivity index (χ2v) is 4.44. The fourth-order valence-corrected chi connectivity index (χ4v) is 1.73. The maximum absolute atomic E-state index is 5.61. The molecule has 0 aliphatic rings. The molecular formula is C14H19N3O. The topological polar surface area (TPSA) is 39.1 Å². The summed E-state index contributed by atoms with van der Waals surface area (Å²) in [5.41, 5.74) is 2.06. The molecule has 1 heterocycles. The number of ether oxygens (including phenoxy) is 1. The Morgan fingerprint density at radius 2 is 1.94 bits per heavy atom. The van der Waals surface area contributed by atoms with E-state index in [-0.39, 0.29) is 6.10 Å². The Bertz CT molecular complexity index is 488. The molecule has 4 nitrogen and oxygen atoms in total. The van der Waals surface area contributed by atoms with Crippen molar-refractivity contribution in [2.24, 2.45) is 0 Å². The quantitative estimate of drug-likeness (QED) is 0.879. The van der Waals surface area contributed by atoms with Crippen LogP contribution >= 0.6 is 0 Å². The zero-order valence-electron chi connectivity index (χ0n) is 11.1. The van der Waals surface area contributed by atoms with Gasteiger partial charge in [-0.25, -0.2) is 4.68 Å². The summed E-state index contributed by atoms with van der Waals surface area (Å²) in [6, 6.07) is 9.96. The summed E-state index contributed by atoms with van der Waals surface area (Å²) in [5, 5.41) is 7.56. The highest BCUT2D eigenvalue weighted by atomic mass is 16.5. The summed E-state index contributed by atoms with van der Waals surface area (Å²) in [6.07, 6.45) is 2.16. The van der Waals surface area contributed by atoms with Gasteiger partial charge in [-0.05, 0) is 51.2 Å². The standard InChI is InChI=1S/C14H19N3O/c1-11(2)18-14-6-4-13(5-7-14)17-9-8-12(16-17)10-15-3/h4-9,11,15H,10H2,1-3H3. The molecule has 2 aromatic rings. The highest BCUT2D eigenvalue weighted by Crippen LogP contribution is 2.16. The smallest absolute Gasteiger partial charge is 0.119 e. The minimum absolute atomic E-state index is 0.197. The Kier molecular flexibility index (Phi) is 3.99. The van der Waals surface area contributed by atoms with Crippen LogP contribution in [0.25, 0.3) is 5.69 Å². The molecular weight excluding hydrogens is 226 g/mol. The van der Waals surface area contributed by atoms with Gasteiger partial charge in [0.2, 0.25) is 0 Å². The molecule has 4 heteroatoms. The first-order valence-corrected chi connectivity index (χ1v) is 6.15. The number of aromatic nitrogens is 2. The molecule has 0 atom stereocenters. The second-order valence-electron chi connectivity index (χ2n) is 4.44. The number of hydrogen-bond donors (Lipinski definition) is 1. The average Bonchev–Trinajstić information content (AvgIpc) is 2.78. The highest BCUT2D eigenvalue weighted by molar-refractivity contribution is 5.37. The van der Waals surface area contributed by atoms with E-state index in [9.17, 15) is 0 Å². The van der Waals surface area contributed by atoms with Gasteiger partial charge in [0.15, 0.2) is 0 Å². The van der Waals surface area contributed by atoms with Crippen LogP contribution in [0.1, 0.15) is 19.5 Å². The van der Waals surface area contributed by atoms with E-state index in [2.05, 4.69) is 10.4 Å². The third-order valence-corrected chi connectivity index (χ3v) is 2.48. The number of benzene rings is 1. The summed E-state index contributed by atoms with van der Waals surface area (Å²) >= 11 is 0. The van der Waals surface area contributed by atoms with E-state index in [4.69, 9.17) is 4.74 Å². The molecule has 1 N–H and O–H groups in total. The van der Waals surface area contributed by atoms with Crippen LogP contribution in [0.15, 0.2) is 36.5 Å². The van der Waals surface area contributed by atoms with Crippen LogP contribution < -0.4 is 10.1 Å². The van der Waals surface area contributed by atoms with E-state index in [0.717, 1.165) is 23.7 Å². The van der Waals surface area contributed by atoms with E-state index >= 15 is 0 Å². The Labute approximate surface area is 108 Å². The molecule has 1 aromatic heterocycles. The van der Waals surface area contributed by atoms with Crippen LogP contribution in [0, 0.1) is 0 Å². The number of rotatable bonds is 5. The zero-order valence-corrected chi connectivity index (χ0v) is 11.1. The molecule has 0 saturated heterocycles. The largest absolute Gasteiger partial charge is 0.491 e. The average molecular weight is 245 g/mol. The van der Waals surface area contributed by atoms with Crippen LogP contribution in [0.2, 0.25) is 0 Å². The van der Waals surface area contributed by atoms with Gasteiger partial charge in [0.05, 0.1) is 17.5 Å². The van der Waals surface area contributed by atoms with Gasteiger partial charge in [-0.3, -0.25) is 0 Å². The molecule has 0 saturated carbocycles. The minimum atomic E-state index is 0.197. The molecule has 0 aliphatic heterocycles. The molecule has 0 unspecified atom stereocenters. The van der Waals surface area contributed by atoms with Crippen LogP contribution in [0.3, 0.4) is 0 Å². The summed E-state index contributed by atoms with van der Waals surface area (Å²) in [5.74, 6) is 0.886. The van der Waals surface area contributed by atoms with E-state index in [1.807, 2.05) is 62.1 Å². The van der Waals surface area contributed by atoms with Crippen molar-refractivity contribution in [2.75, 3.05) is 7.05 Å². The normalized spacial score (nSPS) is 10.9. The number of hydrogen-bond acceptors (Lipinski definition) is 3. The van der Waals surface area contributed by atoms with Crippen molar-refractivity contribution in [1.82, 2.24) is 15.1 Å². The van der Waals surface area contributed by atoms with E-state index in [0.29, 0.717) is 0 Å². The first-order valence-electron chi connectivity index (χ1n) is 6.15. The monoisotopic (exact) mass is 245 g/mol. The van der Waals surface area contributed by atoms with Gasteiger partial charge in [0.1, 0.15) is 5.75 Å². The molecule has 0 amide bonds. The lowest BCUT2D eigenvalue weighted by molar-refractivity contribution is 0.242. The molecule has 96 valence electrons. The summed E-state index contributed by atoms with van der Waals surface area (Å²) in [6.45, 7) is 4.82. The van der Waals surface area contributed by atoms with Gasteiger partial charge in [0, 0.05) is 12.7 Å². The molecule has 18 heavy (non-hydrogen) atoms. The van der Waals surface area contributed by atoms with Crippen molar-refractivity contribution in [1.29, 1.82) is 0 Å². The Hall–Kier alpha value is -1.81. The lowest BCUT2D eigenvalue weighted by atomic mass is 10.3. The van der Waals surface area contributed by atoms with Crippen LogP contribution in [0.4, 0.5) is 0 Å². The van der Waals surface area contributed by atoms with Crippen molar-refractivity contribution in [3.05, 3.63) is 42.2 Å². The SMILES string of the molecule is CNCc1ccn(-c2ccc(OC(C)C)cc2)n1. The molecule has 2 rings (SSSR count). The minimum Gasteiger partial charge on any atom is -0.491 e. The Balaban J connectivity index is 2.12. The number of nitrogens with zero attached hydrogens (tertiary/aromatic N) is 2. The highest BCUT2D eigenvalue weighted by Gasteiger charge is 2.02. The third kappa shape index (κ3) is 3.11. The van der Waals surface area contributed by atoms with Gasteiger partial charge in [0.25, 0.3) is 0 Å². The molecule has 0 bridgehead atoms. The fraction of sp³-hybridized carbons (Fsp3) is 0.357. The van der Waals surface area contributed by atoms with Crippen LogP contribution in [-0.2, 0) is 6.54 Å². The van der Waals surface area contributed by atoms with Crippen molar-refractivity contribution in [3.8, 4) is 11.4 Å². The van der Waals surface area contributed by atoms with E-state index < -0.39 is 0 Å². The predicted octanol–water partition coefficient (Wildman–Crippen LogP) is 2.38. The first kappa shape index (κ1) is 12.6. The third-order valence-electron chi connectivity index (χ3n) is 2.48. The molecule has 0 fully saturated rings. The molecule has 0 radical (unpaired) electrons. The summed E-state index contributed by atoms with van der Waals surface area (Å²) in [7, 11) is 1.91. The van der Waals surface area contributed by atoms with Gasteiger partial charge in [-0.15, -0.1) is 0 Å². The van der Waals surface area contributed by atoms with Crippen LogP contribution in [0.5, 0.6) is 5.75 Å². The van der Waals surface area contributed by atoms with E-state index in [1.165, 1.54) is 0 Å². The van der Waals surface area contributed by atoms with Gasteiger partial charge in [-0.2, -0.15) is 5.10 Å². The first-order chi connectivity index (χ1) is 8.69. The van der Waals surface area contributed by atoms with Crippen molar-refractivity contribution in [3.63, 3.8) is 0 Å². The van der Waals surface area contributed by atoms with Crippen molar-refractivity contribution in [2.45, 2.75) is 26.5 Å². The number of nitrogens with one attached hydrogen (secondary N) is 1.